The van der Waals surface area contributed by atoms with E-state index in [0.717, 1.165) is 56.1 Å². The van der Waals surface area contributed by atoms with Crippen LogP contribution < -0.4 is 18.9 Å². The van der Waals surface area contributed by atoms with E-state index in [-0.39, 0.29) is 11.9 Å². The molecule has 0 radical (unpaired) electrons. The average Bonchev–Trinajstić information content (AvgIpc) is 3.58. The molecule has 0 saturated carbocycles. The van der Waals surface area contributed by atoms with Gasteiger partial charge in [-0.1, -0.05) is 24.3 Å². The number of fused-ring (bicyclic) bond motifs is 2. The van der Waals surface area contributed by atoms with E-state index in [2.05, 4.69) is 29.6 Å². The quantitative estimate of drug-likeness (QED) is 0.168. The number of amides is 1. The van der Waals surface area contributed by atoms with Crippen LogP contribution in [0.2, 0.25) is 0 Å². The van der Waals surface area contributed by atoms with Gasteiger partial charge in [-0.05, 0) is 75.9 Å². The molecule has 0 N–H and O–H groups in total. The second kappa shape index (κ2) is 13.9. The topological polar surface area (TPSA) is 89.9 Å². The third-order valence-corrected chi connectivity index (χ3v) is 8.33. The number of likely N-dealkylation sites (N-methyl/N-ethyl adjacent to an activating group) is 1. The summed E-state index contributed by atoms with van der Waals surface area (Å²) >= 11 is 0. The minimum absolute atomic E-state index is 0.0603. The van der Waals surface area contributed by atoms with Crippen molar-refractivity contribution < 1.29 is 28.5 Å². The highest BCUT2D eigenvalue weighted by molar-refractivity contribution is 6.03. The van der Waals surface area contributed by atoms with E-state index in [4.69, 9.17) is 18.9 Å². The van der Waals surface area contributed by atoms with Crippen LogP contribution in [0.1, 0.15) is 64.8 Å². The lowest BCUT2D eigenvalue weighted by Crippen LogP contribution is -2.35. The van der Waals surface area contributed by atoms with Crippen LogP contribution >= 0.6 is 0 Å². The van der Waals surface area contributed by atoms with Crippen LogP contribution in [0.4, 0.5) is 5.69 Å². The van der Waals surface area contributed by atoms with Gasteiger partial charge in [0.05, 0.1) is 44.7 Å². The highest BCUT2D eigenvalue weighted by Gasteiger charge is 2.34. The number of carbonyl (C=O) groups excluding carboxylic acids is 2. The van der Waals surface area contributed by atoms with Crippen LogP contribution in [0.5, 0.6) is 23.0 Å². The van der Waals surface area contributed by atoms with Crippen molar-refractivity contribution in [1.29, 1.82) is 0 Å². The van der Waals surface area contributed by atoms with Crippen molar-refractivity contribution in [2.45, 2.75) is 50.6 Å². The van der Waals surface area contributed by atoms with E-state index in [0.29, 0.717) is 65.6 Å². The molecular weight excluding hydrogens is 546 g/mol. The van der Waals surface area contributed by atoms with E-state index in [1.807, 2.05) is 18.4 Å². The Morgan fingerprint density at radius 1 is 0.977 bits per heavy atom. The number of rotatable bonds is 13. The number of ether oxygens (including phenoxy) is 4. The van der Waals surface area contributed by atoms with Crippen molar-refractivity contribution in [2.75, 3.05) is 47.6 Å². The number of hydrogen-bond acceptors (Lipinski definition) is 8. The molecule has 0 spiro atoms. The number of likely N-dealkylation sites (tertiary alicyclic amines) is 1. The van der Waals surface area contributed by atoms with E-state index in [9.17, 15) is 9.59 Å². The normalized spacial score (nSPS) is 19.8. The Balaban J connectivity index is 1.13. The summed E-state index contributed by atoms with van der Waals surface area (Å²) in [7, 11) is 5.27. The largest absolute Gasteiger partial charge is 0.493 e. The van der Waals surface area contributed by atoms with Gasteiger partial charge in [-0.2, -0.15) is 0 Å². The Kier molecular flexibility index (Phi) is 9.82. The lowest BCUT2D eigenvalue weighted by molar-refractivity contribution is 0.0777. The van der Waals surface area contributed by atoms with Gasteiger partial charge in [0.25, 0.3) is 5.91 Å². The molecule has 2 fully saturated rings. The van der Waals surface area contributed by atoms with Crippen molar-refractivity contribution in [3.63, 3.8) is 0 Å². The molecular formula is C34H41N3O6. The first-order chi connectivity index (χ1) is 20.9. The Morgan fingerprint density at radius 3 is 2.35 bits per heavy atom. The SMILES string of the molecule is C=C1CC2C=Nc3cc(OCCCCCOc4cc(/C=C\C5CCCN5C)c(C=O)cc4OC)c(OC)cc3C(=O)N2C1. The zero-order chi connectivity index (χ0) is 30.3. The minimum Gasteiger partial charge on any atom is -0.493 e. The molecule has 0 aliphatic carbocycles. The summed E-state index contributed by atoms with van der Waals surface area (Å²) in [5.41, 5.74) is 3.54. The van der Waals surface area contributed by atoms with Gasteiger partial charge in [-0.25, -0.2) is 0 Å². The van der Waals surface area contributed by atoms with Crippen LogP contribution in [0.3, 0.4) is 0 Å². The molecule has 3 aliphatic rings. The lowest BCUT2D eigenvalue weighted by atomic mass is 10.0. The summed E-state index contributed by atoms with van der Waals surface area (Å²) in [6.45, 7) is 6.67. The van der Waals surface area contributed by atoms with Crippen LogP contribution in [0, 0.1) is 0 Å². The van der Waals surface area contributed by atoms with Crippen molar-refractivity contribution in [2.24, 2.45) is 4.99 Å². The average molecular weight is 588 g/mol. The van der Waals surface area contributed by atoms with E-state index in [1.165, 1.54) is 6.42 Å². The monoisotopic (exact) mass is 587 g/mol. The van der Waals surface area contributed by atoms with Gasteiger partial charge in [0, 0.05) is 30.4 Å². The molecule has 2 saturated heterocycles. The molecule has 43 heavy (non-hydrogen) atoms. The summed E-state index contributed by atoms with van der Waals surface area (Å²) in [5.74, 6) is 2.18. The maximum atomic E-state index is 13.2. The number of benzene rings is 2. The number of hydrogen-bond donors (Lipinski definition) is 0. The van der Waals surface area contributed by atoms with Crippen LogP contribution in [0.25, 0.3) is 6.08 Å². The minimum atomic E-state index is -0.0667. The molecule has 3 aliphatic heterocycles. The number of unbranched alkanes of at least 4 members (excludes halogenated alkanes) is 2. The van der Waals surface area contributed by atoms with Gasteiger partial charge in [0.1, 0.15) is 0 Å². The standard InChI is InChI=1S/C34H41N3O6/c1-23-15-27-20-35-29-19-33(31(41-4)18-28(29)34(39)37(27)21-23)43-14-7-5-6-13-42-32-16-24(25(22-38)17-30(32)40-3)10-11-26-9-8-12-36(26)2/h10-11,16-20,22,26-27H,1,5-9,12-15,21H2,2-4H3/b11-10-. The Bertz CT molecular complexity index is 1420. The van der Waals surface area contributed by atoms with E-state index >= 15 is 0 Å². The highest BCUT2D eigenvalue weighted by Crippen LogP contribution is 2.38. The smallest absolute Gasteiger partial charge is 0.257 e. The fourth-order valence-electron chi connectivity index (χ4n) is 5.85. The second-order valence-corrected chi connectivity index (χ2v) is 11.3. The van der Waals surface area contributed by atoms with Crippen molar-refractivity contribution in [3.8, 4) is 23.0 Å². The zero-order valence-electron chi connectivity index (χ0n) is 25.3. The van der Waals surface area contributed by atoms with Gasteiger partial charge in [0.15, 0.2) is 29.3 Å². The molecule has 5 rings (SSSR count). The lowest BCUT2D eigenvalue weighted by Gasteiger charge is -2.20. The summed E-state index contributed by atoms with van der Waals surface area (Å²) in [6, 6.07) is 7.45. The summed E-state index contributed by atoms with van der Waals surface area (Å²) in [6.07, 6.45) is 12.4. The number of nitrogens with zero attached hydrogens (tertiary/aromatic N) is 3. The predicted molar refractivity (Wildman–Crippen MR) is 168 cm³/mol. The van der Waals surface area contributed by atoms with Crippen LogP contribution in [-0.4, -0.2) is 87.9 Å². The molecule has 1 amide bonds. The summed E-state index contributed by atoms with van der Waals surface area (Å²) in [5, 5.41) is 0. The van der Waals surface area contributed by atoms with Crippen molar-refractivity contribution in [1.82, 2.24) is 9.80 Å². The maximum Gasteiger partial charge on any atom is 0.257 e. The molecule has 2 aromatic rings. The van der Waals surface area contributed by atoms with Gasteiger partial charge < -0.3 is 23.8 Å². The van der Waals surface area contributed by atoms with Gasteiger partial charge >= 0.3 is 0 Å². The number of carbonyl (C=O) groups is 2. The van der Waals surface area contributed by atoms with E-state index < -0.39 is 0 Å². The van der Waals surface area contributed by atoms with Crippen LogP contribution in [-0.2, 0) is 0 Å². The van der Waals surface area contributed by atoms with Gasteiger partial charge in [-0.15, -0.1) is 0 Å². The molecule has 2 atom stereocenters. The molecule has 3 heterocycles. The number of aldehydes is 1. The predicted octanol–water partition coefficient (Wildman–Crippen LogP) is 5.74. The Hall–Kier alpha value is -4.11. The number of aliphatic imine (C=N–C) groups is 1. The molecule has 2 aromatic carbocycles. The van der Waals surface area contributed by atoms with Crippen molar-refractivity contribution in [3.05, 3.63) is 59.2 Å². The summed E-state index contributed by atoms with van der Waals surface area (Å²) < 4.78 is 23.2. The molecule has 0 aromatic heterocycles. The highest BCUT2D eigenvalue weighted by atomic mass is 16.5. The molecule has 9 heteroatoms. The van der Waals surface area contributed by atoms with Gasteiger partial charge in [0.2, 0.25) is 0 Å². The molecule has 0 bridgehead atoms. The third-order valence-electron chi connectivity index (χ3n) is 8.33. The van der Waals surface area contributed by atoms with Crippen LogP contribution in [0.15, 0.2) is 47.5 Å². The number of methoxy groups -OCH3 is 2. The zero-order valence-corrected chi connectivity index (χ0v) is 25.3. The molecule has 9 nitrogen and oxygen atoms in total. The second-order valence-electron chi connectivity index (χ2n) is 11.3. The Morgan fingerprint density at radius 2 is 1.67 bits per heavy atom. The third kappa shape index (κ3) is 6.94. The molecule has 228 valence electrons. The fourth-order valence-corrected chi connectivity index (χ4v) is 5.85. The van der Waals surface area contributed by atoms with Crippen molar-refractivity contribution >= 4 is 30.2 Å². The summed E-state index contributed by atoms with van der Waals surface area (Å²) in [4.78, 5) is 33.6. The van der Waals surface area contributed by atoms with Gasteiger partial charge in [-0.3, -0.25) is 19.5 Å². The first-order valence-corrected chi connectivity index (χ1v) is 15.0. The molecule has 2 unspecified atom stereocenters. The first kappa shape index (κ1) is 30.4. The fraction of sp³-hybridized carbons (Fsp3) is 0.441. The maximum absolute atomic E-state index is 13.2. The Labute approximate surface area is 253 Å². The first-order valence-electron chi connectivity index (χ1n) is 15.0. The van der Waals surface area contributed by atoms with E-state index in [1.54, 1.807) is 37.3 Å².